The first-order valence-corrected chi connectivity index (χ1v) is 5.48. The van der Waals surface area contributed by atoms with Crippen molar-refractivity contribution in [3.05, 3.63) is 48.6 Å². The maximum absolute atomic E-state index is 5.07. The predicted octanol–water partition coefficient (Wildman–Crippen LogP) is 4.42. The Hall–Kier alpha value is -1.48. The predicted molar refractivity (Wildman–Crippen MR) is 69.5 cm³/mol. The van der Waals surface area contributed by atoms with Crippen molar-refractivity contribution in [2.24, 2.45) is 0 Å². The summed E-state index contributed by atoms with van der Waals surface area (Å²) in [5.41, 5.74) is 0. The van der Waals surface area contributed by atoms with Crippen LogP contribution >= 0.6 is 0 Å². The topological polar surface area (TPSA) is 0 Å². The van der Waals surface area contributed by atoms with E-state index in [1.54, 1.807) is 6.08 Å². The molecule has 0 radical (unpaired) electrons. The highest BCUT2D eigenvalue weighted by atomic mass is 13.8. The zero-order valence-corrected chi connectivity index (χ0v) is 9.52. The van der Waals surface area contributed by atoms with Gasteiger partial charge in [-0.15, -0.1) is 6.42 Å². The smallest absolute Gasteiger partial charge is 0.0158 e. The van der Waals surface area contributed by atoms with Crippen molar-refractivity contribution in [1.29, 1.82) is 0 Å². The third-order valence-electron chi connectivity index (χ3n) is 1.77. The van der Waals surface area contributed by atoms with Crippen LogP contribution in [0, 0.1) is 12.3 Å². The Bertz CT molecular complexity index is 269. The molecule has 0 saturated heterocycles. The Balaban J connectivity index is 3.40. The summed E-state index contributed by atoms with van der Waals surface area (Å²) in [5, 5.41) is 0. The fourth-order valence-electron chi connectivity index (χ4n) is 1.02. The third-order valence-corrected chi connectivity index (χ3v) is 1.77. The van der Waals surface area contributed by atoms with Crippen LogP contribution in [0.5, 0.6) is 0 Å². The molecular weight excluding hydrogens is 180 g/mol. The fraction of sp³-hybridized carbons (Fsp3) is 0.333. The molecule has 0 aromatic rings. The summed E-state index contributed by atoms with van der Waals surface area (Å²) in [5.74, 6) is 2.46. The zero-order chi connectivity index (χ0) is 11.2. The van der Waals surface area contributed by atoms with Gasteiger partial charge in [-0.2, -0.15) is 0 Å². The molecule has 0 fully saturated rings. The van der Waals surface area contributed by atoms with E-state index in [2.05, 4.69) is 49.3 Å². The average Bonchev–Trinajstić information content (AvgIpc) is 2.26. The first-order chi connectivity index (χ1) is 7.41. The van der Waals surface area contributed by atoms with Gasteiger partial charge >= 0.3 is 0 Å². The number of rotatable bonds is 7. The van der Waals surface area contributed by atoms with Crippen LogP contribution in [0.1, 0.15) is 32.6 Å². The van der Waals surface area contributed by atoms with Gasteiger partial charge in [0.2, 0.25) is 0 Å². The Labute approximate surface area is 94.1 Å². The molecule has 0 heterocycles. The molecule has 0 rings (SSSR count). The first kappa shape index (κ1) is 13.5. The van der Waals surface area contributed by atoms with Gasteiger partial charge in [-0.3, -0.25) is 0 Å². The molecule has 0 aromatic heterocycles. The minimum absolute atomic E-state index is 0.924. The fourth-order valence-corrected chi connectivity index (χ4v) is 1.02. The summed E-state index contributed by atoms with van der Waals surface area (Å²) in [4.78, 5) is 0. The molecule has 0 bridgehead atoms. The molecule has 0 nitrogen and oxygen atoms in total. The van der Waals surface area contributed by atoms with Gasteiger partial charge in [0.25, 0.3) is 0 Å². The normalized spacial score (nSPS) is 12.3. The Morgan fingerprint density at radius 3 is 1.73 bits per heavy atom. The standard InChI is InChI=1S/C15H20/c1-3-5-7-9-11-13-15-14-12-10-8-6-4-2/h1,5-8,11-14H,4,9-10,15H2,2H3. The summed E-state index contributed by atoms with van der Waals surface area (Å²) in [6.07, 6.45) is 25.9. The SMILES string of the molecule is C#CC=CCC=CCC=CCC=CCC. The molecule has 0 spiro atoms. The van der Waals surface area contributed by atoms with Gasteiger partial charge < -0.3 is 0 Å². The van der Waals surface area contributed by atoms with Crippen molar-refractivity contribution in [3.63, 3.8) is 0 Å². The Kier molecular flexibility index (Phi) is 11.3. The minimum Gasteiger partial charge on any atom is -0.115 e. The molecule has 0 N–H and O–H groups in total. The number of terminal acetylenes is 1. The molecule has 0 saturated carbocycles. The lowest BCUT2D eigenvalue weighted by Gasteiger charge is -1.83. The van der Waals surface area contributed by atoms with Crippen molar-refractivity contribution in [1.82, 2.24) is 0 Å². The maximum Gasteiger partial charge on any atom is -0.0158 e. The molecule has 0 heteroatoms. The summed E-state index contributed by atoms with van der Waals surface area (Å²) in [6.45, 7) is 2.15. The molecule has 0 unspecified atom stereocenters. The quantitative estimate of drug-likeness (QED) is 0.421. The van der Waals surface area contributed by atoms with Crippen LogP contribution in [0.3, 0.4) is 0 Å². The van der Waals surface area contributed by atoms with Crippen molar-refractivity contribution in [3.8, 4) is 12.3 Å². The van der Waals surface area contributed by atoms with Gasteiger partial charge in [-0.05, 0) is 31.8 Å². The highest BCUT2D eigenvalue weighted by molar-refractivity contribution is 5.10. The van der Waals surface area contributed by atoms with E-state index in [9.17, 15) is 0 Å². The van der Waals surface area contributed by atoms with Crippen LogP contribution in [0.15, 0.2) is 48.6 Å². The van der Waals surface area contributed by atoms with E-state index in [1.807, 2.05) is 6.08 Å². The number of hydrogen-bond acceptors (Lipinski definition) is 0. The lowest BCUT2D eigenvalue weighted by molar-refractivity contribution is 1.19. The summed E-state index contributed by atoms with van der Waals surface area (Å²) >= 11 is 0. The van der Waals surface area contributed by atoms with Crippen molar-refractivity contribution in [2.45, 2.75) is 32.6 Å². The van der Waals surface area contributed by atoms with Gasteiger partial charge in [0, 0.05) is 0 Å². The zero-order valence-electron chi connectivity index (χ0n) is 9.52. The van der Waals surface area contributed by atoms with E-state index >= 15 is 0 Å². The van der Waals surface area contributed by atoms with Gasteiger partial charge in [-0.25, -0.2) is 0 Å². The van der Waals surface area contributed by atoms with E-state index in [-0.39, 0.29) is 0 Å². The summed E-state index contributed by atoms with van der Waals surface area (Å²) in [7, 11) is 0. The molecule has 0 amide bonds. The van der Waals surface area contributed by atoms with Gasteiger partial charge in [0.05, 0.1) is 0 Å². The van der Waals surface area contributed by atoms with Crippen LogP contribution in [0.4, 0.5) is 0 Å². The molecule has 80 valence electrons. The van der Waals surface area contributed by atoms with Crippen LogP contribution < -0.4 is 0 Å². The maximum atomic E-state index is 5.07. The second-order valence-electron chi connectivity index (χ2n) is 3.10. The van der Waals surface area contributed by atoms with Gasteiger partial charge in [0.15, 0.2) is 0 Å². The lowest BCUT2D eigenvalue weighted by atomic mass is 10.2. The van der Waals surface area contributed by atoms with Crippen LogP contribution in [0.25, 0.3) is 0 Å². The second-order valence-corrected chi connectivity index (χ2v) is 3.10. The summed E-state index contributed by atoms with van der Waals surface area (Å²) in [6, 6.07) is 0. The Morgan fingerprint density at radius 2 is 1.27 bits per heavy atom. The van der Waals surface area contributed by atoms with E-state index < -0.39 is 0 Å². The monoisotopic (exact) mass is 200 g/mol. The van der Waals surface area contributed by atoms with Gasteiger partial charge in [-0.1, -0.05) is 55.4 Å². The van der Waals surface area contributed by atoms with Crippen molar-refractivity contribution >= 4 is 0 Å². The molecular formula is C15H20. The van der Waals surface area contributed by atoms with E-state index in [0.29, 0.717) is 0 Å². The average molecular weight is 200 g/mol. The summed E-state index contributed by atoms with van der Waals surface area (Å²) < 4.78 is 0. The molecule has 0 atom stereocenters. The number of allylic oxidation sites excluding steroid dienone is 8. The van der Waals surface area contributed by atoms with Crippen molar-refractivity contribution in [2.75, 3.05) is 0 Å². The van der Waals surface area contributed by atoms with E-state index in [1.165, 1.54) is 0 Å². The number of hydrogen-bond donors (Lipinski definition) is 0. The first-order valence-electron chi connectivity index (χ1n) is 5.48. The highest BCUT2D eigenvalue weighted by Crippen LogP contribution is 1.93. The van der Waals surface area contributed by atoms with E-state index in [0.717, 1.165) is 25.7 Å². The largest absolute Gasteiger partial charge is 0.115 e. The van der Waals surface area contributed by atoms with Crippen LogP contribution in [0.2, 0.25) is 0 Å². The second kappa shape index (κ2) is 12.5. The third kappa shape index (κ3) is 12.5. The molecule has 0 aliphatic rings. The van der Waals surface area contributed by atoms with Crippen LogP contribution in [-0.2, 0) is 0 Å². The molecule has 15 heavy (non-hydrogen) atoms. The van der Waals surface area contributed by atoms with Gasteiger partial charge in [0.1, 0.15) is 0 Å². The van der Waals surface area contributed by atoms with Crippen molar-refractivity contribution < 1.29 is 0 Å². The minimum atomic E-state index is 0.924. The Morgan fingerprint density at radius 1 is 0.800 bits per heavy atom. The molecule has 0 aromatic carbocycles. The molecule has 0 aliphatic heterocycles. The molecule has 0 aliphatic carbocycles. The highest BCUT2D eigenvalue weighted by Gasteiger charge is 1.73. The van der Waals surface area contributed by atoms with Crippen LogP contribution in [-0.4, -0.2) is 0 Å². The van der Waals surface area contributed by atoms with E-state index in [4.69, 9.17) is 6.42 Å². The lowest BCUT2D eigenvalue weighted by Crippen LogP contribution is -1.62.